The molecular weight excluding hydrogens is 545 g/mol. The Labute approximate surface area is 202 Å². The van der Waals surface area contributed by atoms with Gasteiger partial charge in [0.25, 0.3) is 5.43 Å². The second-order valence-electron chi connectivity index (χ2n) is 7.50. The summed E-state index contributed by atoms with van der Waals surface area (Å²) < 4.78 is 128. The second-order valence-corrected chi connectivity index (χ2v) is 9.30. The molecule has 0 bridgehead atoms. The van der Waals surface area contributed by atoms with Crippen molar-refractivity contribution >= 4 is 32.7 Å². The minimum absolute atomic E-state index is 0.0766. The Morgan fingerprint density at radius 3 is 2.22 bits per heavy atom. The van der Waals surface area contributed by atoms with E-state index in [2.05, 4.69) is 4.18 Å². The number of fused-ring (bicyclic) bond motifs is 2. The molecular formula is C22H10ClF7O5S. The van der Waals surface area contributed by atoms with Crippen LogP contribution in [0.15, 0.2) is 39.5 Å². The first-order valence-electron chi connectivity index (χ1n) is 9.61. The van der Waals surface area contributed by atoms with Crippen molar-refractivity contribution in [2.75, 3.05) is 0 Å². The first kappa shape index (κ1) is 25.8. The van der Waals surface area contributed by atoms with E-state index in [1.807, 2.05) is 0 Å². The highest BCUT2D eigenvalue weighted by atomic mass is 35.5. The monoisotopic (exact) mass is 554 g/mol. The van der Waals surface area contributed by atoms with Gasteiger partial charge in [-0.3, -0.25) is 4.79 Å². The van der Waals surface area contributed by atoms with Gasteiger partial charge in [-0.15, -0.1) is 11.6 Å². The highest BCUT2D eigenvalue weighted by Gasteiger charge is 2.49. The third kappa shape index (κ3) is 4.05. The molecule has 2 aromatic rings. The zero-order valence-electron chi connectivity index (χ0n) is 17.6. The van der Waals surface area contributed by atoms with Gasteiger partial charge in [0, 0.05) is 22.4 Å². The molecule has 4 rings (SSSR count). The molecule has 0 radical (unpaired) electrons. The zero-order valence-corrected chi connectivity index (χ0v) is 19.1. The van der Waals surface area contributed by atoms with Gasteiger partial charge in [0.05, 0.1) is 0 Å². The summed E-state index contributed by atoms with van der Waals surface area (Å²) in [5.74, 6) is -10.3. The number of halogens is 8. The van der Waals surface area contributed by atoms with E-state index in [0.29, 0.717) is 23.3 Å². The van der Waals surface area contributed by atoms with Crippen LogP contribution in [0.25, 0.3) is 33.4 Å². The highest BCUT2D eigenvalue weighted by Crippen LogP contribution is 2.45. The van der Waals surface area contributed by atoms with Crippen molar-refractivity contribution in [1.82, 2.24) is 0 Å². The SMILES string of the molecule is Cc1cc(CCl)ccc1-c1c2cc(F)c(=O)c(F)c-2oc2c(F)c(OS(=O)(=O)C(F)(F)F)c(F)cc12. The van der Waals surface area contributed by atoms with Gasteiger partial charge in [0.15, 0.2) is 23.0 Å². The molecule has 0 amide bonds. The molecule has 1 aliphatic heterocycles. The fourth-order valence-corrected chi connectivity index (χ4v) is 4.23. The summed E-state index contributed by atoms with van der Waals surface area (Å²) >= 11 is 5.80. The molecule has 0 unspecified atom stereocenters. The van der Waals surface area contributed by atoms with E-state index in [1.165, 1.54) is 19.1 Å². The van der Waals surface area contributed by atoms with Gasteiger partial charge in [0.1, 0.15) is 0 Å². The number of alkyl halides is 4. The van der Waals surface area contributed by atoms with Crippen molar-refractivity contribution in [1.29, 1.82) is 0 Å². The summed E-state index contributed by atoms with van der Waals surface area (Å²) in [5, 5.41) is -0.548. The van der Waals surface area contributed by atoms with Gasteiger partial charge in [-0.25, -0.2) is 8.78 Å². The standard InChI is InChI=1S/C22H10ClF7O5S/c1-8-4-9(7-23)2-3-10(8)15-11-5-13(24)18(31)16(26)19(11)34-20-12(15)6-14(25)21(17(20)27)35-36(32,33)22(28,29)30/h2-6H,7H2,1H3. The maximum Gasteiger partial charge on any atom is 0.534 e. The molecule has 5 nitrogen and oxygen atoms in total. The average molecular weight is 555 g/mol. The fourth-order valence-electron chi connectivity index (χ4n) is 3.60. The lowest BCUT2D eigenvalue weighted by molar-refractivity contribution is -0.0501. The summed E-state index contributed by atoms with van der Waals surface area (Å²) in [5.41, 5.74) is -8.50. The van der Waals surface area contributed by atoms with Gasteiger partial charge >= 0.3 is 15.6 Å². The molecule has 2 aliphatic rings. The molecule has 0 N–H and O–H groups in total. The van der Waals surface area contributed by atoms with Crippen molar-refractivity contribution in [3.05, 3.63) is 75.0 Å². The Morgan fingerprint density at radius 2 is 1.64 bits per heavy atom. The Bertz CT molecular complexity index is 1680. The van der Waals surface area contributed by atoms with E-state index in [1.54, 1.807) is 6.07 Å². The molecule has 0 fully saturated rings. The van der Waals surface area contributed by atoms with Gasteiger partial charge in [-0.2, -0.15) is 30.4 Å². The predicted molar refractivity (Wildman–Crippen MR) is 114 cm³/mol. The van der Waals surface area contributed by atoms with Crippen LogP contribution in [-0.4, -0.2) is 13.9 Å². The van der Waals surface area contributed by atoms with Gasteiger partial charge in [-0.1, -0.05) is 18.2 Å². The summed E-state index contributed by atoms with van der Waals surface area (Å²) in [6.45, 7) is 1.53. The van der Waals surface area contributed by atoms with E-state index < -0.39 is 72.4 Å². The topological polar surface area (TPSA) is 73.6 Å². The van der Waals surface area contributed by atoms with Crippen LogP contribution in [0.3, 0.4) is 0 Å². The molecule has 36 heavy (non-hydrogen) atoms. The zero-order chi connectivity index (χ0) is 26.7. The van der Waals surface area contributed by atoms with Crippen LogP contribution in [0.4, 0.5) is 30.7 Å². The van der Waals surface area contributed by atoms with Crippen LogP contribution >= 0.6 is 11.6 Å². The lowest BCUT2D eigenvalue weighted by atomic mass is 9.90. The van der Waals surface area contributed by atoms with Gasteiger partial charge in [0.2, 0.25) is 17.4 Å². The molecule has 14 heteroatoms. The van der Waals surface area contributed by atoms with Crippen LogP contribution in [0.2, 0.25) is 0 Å². The molecule has 1 heterocycles. The van der Waals surface area contributed by atoms with Crippen LogP contribution in [0.5, 0.6) is 5.75 Å². The first-order valence-corrected chi connectivity index (χ1v) is 11.5. The Kier molecular flexibility index (Phi) is 6.20. The van der Waals surface area contributed by atoms with Crippen molar-refractivity contribution in [2.24, 2.45) is 0 Å². The lowest BCUT2D eigenvalue weighted by Gasteiger charge is -2.19. The van der Waals surface area contributed by atoms with Crippen molar-refractivity contribution in [3.8, 4) is 28.2 Å². The number of rotatable bonds is 4. The average Bonchev–Trinajstić information content (AvgIpc) is 2.79. The van der Waals surface area contributed by atoms with Crippen molar-refractivity contribution in [2.45, 2.75) is 18.3 Å². The van der Waals surface area contributed by atoms with E-state index in [0.717, 1.165) is 0 Å². The summed E-state index contributed by atoms with van der Waals surface area (Å²) in [4.78, 5) is 11.8. The third-order valence-electron chi connectivity index (χ3n) is 5.20. The lowest BCUT2D eigenvalue weighted by Crippen LogP contribution is -2.28. The first-order chi connectivity index (χ1) is 16.7. The smallest absolute Gasteiger partial charge is 0.450 e. The fraction of sp³-hybridized carbons (Fsp3) is 0.136. The normalized spacial score (nSPS) is 12.5. The van der Waals surface area contributed by atoms with E-state index >= 15 is 4.39 Å². The molecule has 1 aliphatic carbocycles. The predicted octanol–water partition coefficient (Wildman–Crippen LogP) is 6.40. The maximum absolute atomic E-state index is 15.2. The number of benzene rings is 3. The Hall–Kier alpha value is -3.32. The van der Waals surface area contributed by atoms with Gasteiger partial charge in [-0.05, 0) is 35.7 Å². The Balaban J connectivity index is 2.18. The summed E-state index contributed by atoms with van der Waals surface area (Å²) in [6.07, 6.45) is 0. The summed E-state index contributed by atoms with van der Waals surface area (Å²) in [6, 6.07) is 5.40. The van der Waals surface area contributed by atoms with Crippen molar-refractivity contribution in [3.63, 3.8) is 0 Å². The van der Waals surface area contributed by atoms with Crippen molar-refractivity contribution < 1.29 is 47.8 Å². The minimum Gasteiger partial charge on any atom is -0.450 e. The molecule has 0 atom stereocenters. The van der Waals surface area contributed by atoms with Crippen LogP contribution < -0.4 is 9.61 Å². The quantitative estimate of drug-likeness (QED) is 0.0960. The third-order valence-corrected chi connectivity index (χ3v) is 6.46. The molecule has 0 saturated heterocycles. The number of hydrogen-bond donors (Lipinski definition) is 0. The van der Waals surface area contributed by atoms with E-state index in [9.17, 15) is 39.6 Å². The number of aryl methyl sites for hydroxylation is 1. The van der Waals surface area contributed by atoms with E-state index in [-0.39, 0.29) is 17.0 Å². The second kappa shape index (κ2) is 8.66. The van der Waals surface area contributed by atoms with Crippen LogP contribution in [-0.2, 0) is 16.0 Å². The maximum atomic E-state index is 15.2. The van der Waals surface area contributed by atoms with E-state index in [4.69, 9.17) is 16.0 Å². The molecule has 2 aromatic carbocycles. The number of hydrogen-bond acceptors (Lipinski definition) is 5. The van der Waals surface area contributed by atoms with Gasteiger partial charge < -0.3 is 8.60 Å². The molecule has 0 aromatic heterocycles. The Morgan fingerprint density at radius 1 is 0.972 bits per heavy atom. The molecule has 0 spiro atoms. The molecule has 0 saturated carbocycles. The largest absolute Gasteiger partial charge is 0.534 e. The molecule has 190 valence electrons. The van der Waals surface area contributed by atoms with Crippen LogP contribution in [0, 0.1) is 30.2 Å². The van der Waals surface area contributed by atoms with Crippen LogP contribution in [0.1, 0.15) is 11.1 Å². The summed E-state index contributed by atoms with van der Waals surface area (Å²) in [7, 11) is -6.51. The highest BCUT2D eigenvalue weighted by molar-refractivity contribution is 7.88. The minimum atomic E-state index is -6.51.